The third kappa shape index (κ3) is 4.47. The molecule has 128 valence electrons. The molecule has 23 heavy (non-hydrogen) atoms. The molecule has 1 aliphatic heterocycles. The number of amides is 1. The number of rotatable bonds is 5. The summed E-state index contributed by atoms with van der Waals surface area (Å²) in [4.78, 5) is 11.8. The minimum Gasteiger partial charge on any atom is -0.288 e. The average molecular weight is 328 g/mol. The van der Waals surface area contributed by atoms with E-state index in [2.05, 4.69) is 5.43 Å². The van der Waals surface area contributed by atoms with Crippen LogP contribution in [0.3, 0.4) is 0 Å². The summed E-state index contributed by atoms with van der Waals surface area (Å²) in [6.45, 7) is 5.34. The standard InChI is InChI=1S/C17H23F3N2O/c1-12-6-4-7-13(10-12)8-5-9-14(17(18,19)20)22-11-16(2,3)15(23)21-22/h4,6-7,10,14H,5,8-9,11H2,1-3H3,(H,21,23). The number of halogens is 3. The molecule has 1 unspecified atom stereocenters. The van der Waals surface area contributed by atoms with E-state index in [-0.39, 0.29) is 18.9 Å². The minimum absolute atomic E-state index is 0.0339. The number of hydrogen-bond donors (Lipinski definition) is 1. The quantitative estimate of drug-likeness (QED) is 0.895. The molecule has 0 bridgehead atoms. The van der Waals surface area contributed by atoms with Gasteiger partial charge in [0, 0.05) is 6.54 Å². The molecule has 1 amide bonds. The van der Waals surface area contributed by atoms with Gasteiger partial charge in [-0.05, 0) is 45.6 Å². The molecule has 2 rings (SSSR count). The first-order valence-electron chi connectivity index (χ1n) is 7.79. The van der Waals surface area contributed by atoms with Crippen LogP contribution in [0.15, 0.2) is 24.3 Å². The highest BCUT2D eigenvalue weighted by atomic mass is 19.4. The second-order valence-corrected chi connectivity index (χ2v) is 6.89. The maximum Gasteiger partial charge on any atom is 0.405 e. The van der Waals surface area contributed by atoms with Crippen LogP contribution in [0.2, 0.25) is 0 Å². The van der Waals surface area contributed by atoms with Crippen molar-refractivity contribution in [2.24, 2.45) is 5.41 Å². The summed E-state index contributed by atoms with van der Waals surface area (Å²) in [5.41, 5.74) is 3.73. The Morgan fingerprint density at radius 3 is 2.57 bits per heavy atom. The topological polar surface area (TPSA) is 32.3 Å². The van der Waals surface area contributed by atoms with Gasteiger partial charge in [-0.2, -0.15) is 13.2 Å². The largest absolute Gasteiger partial charge is 0.405 e. The Balaban J connectivity index is 1.99. The summed E-state index contributed by atoms with van der Waals surface area (Å²) in [7, 11) is 0. The van der Waals surface area contributed by atoms with E-state index in [0.29, 0.717) is 12.8 Å². The van der Waals surface area contributed by atoms with E-state index < -0.39 is 17.6 Å². The van der Waals surface area contributed by atoms with Gasteiger partial charge in [0.25, 0.3) is 0 Å². The van der Waals surface area contributed by atoms with Crippen molar-refractivity contribution in [2.75, 3.05) is 6.54 Å². The van der Waals surface area contributed by atoms with Crippen LogP contribution in [-0.2, 0) is 11.2 Å². The van der Waals surface area contributed by atoms with Crippen molar-refractivity contribution in [3.8, 4) is 0 Å². The average Bonchev–Trinajstić information content (AvgIpc) is 2.67. The number of carbonyl (C=O) groups excluding carboxylic acids is 1. The summed E-state index contributed by atoms with van der Waals surface area (Å²) < 4.78 is 40.0. The van der Waals surface area contributed by atoms with E-state index in [4.69, 9.17) is 0 Å². The van der Waals surface area contributed by atoms with E-state index in [1.54, 1.807) is 13.8 Å². The van der Waals surface area contributed by atoms with Crippen molar-refractivity contribution >= 4 is 5.91 Å². The smallest absolute Gasteiger partial charge is 0.288 e. The molecule has 0 aromatic heterocycles. The second-order valence-electron chi connectivity index (χ2n) is 6.89. The molecule has 0 spiro atoms. The Bertz CT molecular complexity index is 569. The number of alkyl halides is 3. The zero-order chi connectivity index (χ0) is 17.3. The molecule has 1 aromatic carbocycles. The monoisotopic (exact) mass is 328 g/mol. The maximum atomic E-state index is 13.3. The molecule has 1 aliphatic rings. The molecule has 3 nitrogen and oxygen atoms in total. The summed E-state index contributed by atoms with van der Waals surface area (Å²) in [5.74, 6) is -0.356. The van der Waals surface area contributed by atoms with Crippen molar-refractivity contribution in [2.45, 2.75) is 52.3 Å². The summed E-state index contributed by atoms with van der Waals surface area (Å²) in [6, 6.07) is 6.15. The number of aryl methyl sites for hydroxylation is 2. The first-order valence-corrected chi connectivity index (χ1v) is 7.79. The number of benzene rings is 1. The van der Waals surface area contributed by atoms with Gasteiger partial charge in [-0.3, -0.25) is 10.2 Å². The molecular weight excluding hydrogens is 305 g/mol. The molecule has 1 saturated heterocycles. The van der Waals surface area contributed by atoms with Gasteiger partial charge in [-0.1, -0.05) is 29.8 Å². The molecule has 1 aromatic rings. The lowest BCUT2D eigenvalue weighted by molar-refractivity contribution is -0.190. The molecule has 0 aliphatic carbocycles. The molecule has 1 atom stereocenters. The number of carbonyl (C=O) groups is 1. The number of nitrogens with zero attached hydrogens (tertiary/aromatic N) is 1. The normalized spacial score (nSPS) is 19.7. The van der Waals surface area contributed by atoms with Crippen LogP contribution in [0.4, 0.5) is 13.2 Å². The Morgan fingerprint density at radius 1 is 1.35 bits per heavy atom. The Kier molecular flexibility index (Phi) is 5.04. The summed E-state index contributed by atoms with van der Waals surface area (Å²) in [6.07, 6.45) is -3.38. The van der Waals surface area contributed by atoms with Crippen molar-refractivity contribution in [3.63, 3.8) is 0 Å². The highest BCUT2D eigenvalue weighted by molar-refractivity contribution is 5.83. The SMILES string of the molecule is Cc1cccc(CCCC(N2CC(C)(C)C(=O)N2)C(F)(F)F)c1. The summed E-state index contributed by atoms with van der Waals surface area (Å²) in [5, 5.41) is 1.05. The van der Waals surface area contributed by atoms with Crippen LogP contribution in [0.25, 0.3) is 0 Å². The van der Waals surface area contributed by atoms with E-state index in [1.807, 2.05) is 31.2 Å². The fraction of sp³-hybridized carbons (Fsp3) is 0.588. The van der Waals surface area contributed by atoms with Crippen LogP contribution in [0.5, 0.6) is 0 Å². The minimum atomic E-state index is -4.36. The van der Waals surface area contributed by atoms with E-state index in [0.717, 1.165) is 16.1 Å². The van der Waals surface area contributed by atoms with Crippen molar-refractivity contribution < 1.29 is 18.0 Å². The van der Waals surface area contributed by atoms with Crippen LogP contribution in [0.1, 0.15) is 37.8 Å². The van der Waals surface area contributed by atoms with Crippen molar-refractivity contribution in [1.82, 2.24) is 10.4 Å². The van der Waals surface area contributed by atoms with E-state index in [1.165, 1.54) is 0 Å². The Hall–Kier alpha value is -1.56. The maximum absolute atomic E-state index is 13.3. The Labute approximate surface area is 134 Å². The molecular formula is C17H23F3N2O. The van der Waals surface area contributed by atoms with Crippen molar-refractivity contribution in [3.05, 3.63) is 35.4 Å². The fourth-order valence-corrected chi connectivity index (χ4v) is 2.87. The molecule has 0 radical (unpaired) electrons. The van der Waals surface area contributed by atoms with E-state index >= 15 is 0 Å². The first-order chi connectivity index (χ1) is 10.6. The summed E-state index contributed by atoms with van der Waals surface area (Å²) >= 11 is 0. The highest BCUT2D eigenvalue weighted by Crippen LogP contribution is 2.33. The lowest BCUT2D eigenvalue weighted by Crippen LogP contribution is -2.50. The van der Waals surface area contributed by atoms with Gasteiger partial charge in [0.15, 0.2) is 0 Å². The Morgan fingerprint density at radius 2 is 2.04 bits per heavy atom. The predicted octanol–water partition coefficient (Wildman–Crippen LogP) is 3.62. The van der Waals surface area contributed by atoms with Crippen LogP contribution >= 0.6 is 0 Å². The van der Waals surface area contributed by atoms with Gasteiger partial charge >= 0.3 is 6.18 Å². The van der Waals surface area contributed by atoms with E-state index in [9.17, 15) is 18.0 Å². The van der Waals surface area contributed by atoms with Gasteiger partial charge in [-0.25, -0.2) is 5.01 Å². The van der Waals surface area contributed by atoms with Gasteiger partial charge in [0.1, 0.15) is 6.04 Å². The predicted molar refractivity (Wildman–Crippen MR) is 82.6 cm³/mol. The molecule has 1 fully saturated rings. The molecule has 0 saturated carbocycles. The zero-order valence-electron chi connectivity index (χ0n) is 13.7. The third-order valence-corrected chi connectivity index (χ3v) is 4.21. The number of hydrazine groups is 1. The highest BCUT2D eigenvalue weighted by Gasteiger charge is 2.49. The molecule has 1 N–H and O–H groups in total. The first kappa shape index (κ1) is 17.8. The lowest BCUT2D eigenvalue weighted by Gasteiger charge is -2.29. The third-order valence-electron chi connectivity index (χ3n) is 4.21. The zero-order valence-corrected chi connectivity index (χ0v) is 13.7. The molecule has 6 heteroatoms. The van der Waals surface area contributed by atoms with Gasteiger partial charge in [0.05, 0.1) is 5.41 Å². The van der Waals surface area contributed by atoms with Gasteiger partial charge in [0.2, 0.25) is 5.91 Å². The van der Waals surface area contributed by atoms with Crippen LogP contribution in [-0.4, -0.2) is 29.7 Å². The van der Waals surface area contributed by atoms with Gasteiger partial charge in [-0.15, -0.1) is 0 Å². The van der Waals surface area contributed by atoms with Crippen molar-refractivity contribution in [1.29, 1.82) is 0 Å². The lowest BCUT2D eigenvalue weighted by atomic mass is 9.94. The van der Waals surface area contributed by atoms with Gasteiger partial charge < -0.3 is 0 Å². The number of nitrogens with one attached hydrogen (secondary N) is 1. The fourth-order valence-electron chi connectivity index (χ4n) is 2.87. The second kappa shape index (κ2) is 6.51. The van der Waals surface area contributed by atoms with Crippen LogP contribution < -0.4 is 5.43 Å². The molecule has 1 heterocycles. The van der Waals surface area contributed by atoms with Crippen LogP contribution in [0, 0.1) is 12.3 Å². The number of hydrogen-bond acceptors (Lipinski definition) is 2.